The van der Waals surface area contributed by atoms with Gasteiger partial charge in [0.2, 0.25) is 0 Å². The Bertz CT molecular complexity index is 775. The summed E-state index contributed by atoms with van der Waals surface area (Å²) in [6.07, 6.45) is 1.74. The first-order chi connectivity index (χ1) is 9.97. The van der Waals surface area contributed by atoms with E-state index >= 15 is 0 Å². The first-order valence-electron chi connectivity index (χ1n) is 6.96. The highest BCUT2D eigenvalue weighted by molar-refractivity contribution is 5.52. The van der Waals surface area contributed by atoms with Crippen molar-refractivity contribution in [2.75, 3.05) is 0 Å². The van der Waals surface area contributed by atoms with Gasteiger partial charge in [0, 0.05) is 24.8 Å². The van der Waals surface area contributed by atoms with Crippen LogP contribution in [0.4, 0.5) is 0 Å². The zero-order valence-corrected chi connectivity index (χ0v) is 12.9. The Morgan fingerprint density at radius 1 is 1.14 bits per heavy atom. The molecule has 0 fully saturated rings. The van der Waals surface area contributed by atoms with Gasteiger partial charge in [-0.2, -0.15) is 14.9 Å². The molecular weight excluding hydrogens is 266 g/mol. The lowest BCUT2D eigenvalue weighted by atomic mass is 10.3. The van der Waals surface area contributed by atoms with Gasteiger partial charge >= 0.3 is 0 Å². The Hall–Kier alpha value is -2.44. The van der Waals surface area contributed by atoms with E-state index in [9.17, 15) is 0 Å². The lowest BCUT2D eigenvalue weighted by Gasteiger charge is -2.07. The molecule has 0 spiro atoms. The summed E-state index contributed by atoms with van der Waals surface area (Å²) in [4.78, 5) is 4.53. The van der Waals surface area contributed by atoms with E-state index in [-0.39, 0.29) is 0 Å². The molecule has 3 rings (SSSR count). The number of hydrogen-bond donors (Lipinski definition) is 0. The normalized spacial score (nSPS) is 11.5. The average molecular weight is 285 g/mol. The van der Waals surface area contributed by atoms with Crippen LogP contribution in [-0.4, -0.2) is 34.3 Å². The molecule has 3 aromatic heterocycles. The first-order valence-corrected chi connectivity index (χ1v) is 6.96. The maximum Gasteiger partial charge on any atom is 0.185 e. The molecule has 3 heterocycles. The van der Waals surface area contributed by atoms with Crippen molar-refractivity contribution in [2.24, 2.45) is 7.05 Å². The standard InChI is InChI=1S/C14H19N7/c1-9(2)20-10(3)8-12(18-20)14-16-11(4)17-21(14)13-6-7-15-19(13)5/h6-9H,1-5H3. The van der Waals surface area contributed by atoms with Crippen molar-refractivity contribution in [1.82, 2.24) is 34.3 Å². The van der Waals surface area contributed by atoms with E-state index in [0.29, 0.717) is 11.9 Å². The maximum absolute atomic E-state index is 4.66. The molecule has 0 atom stereocenters. The van der Waals surface area contributed by atoms with E-state index in [2.05, 4.69) is 34.1 Å². The molecule has 0 unspecified atom stereocenters. The third-order valence-corrected chi connectivity index (χ3v) is 3.37. The van der Waals surface area contributed by atoms with E-state index in [1.807, 2.05) is 37.7 Å². The summed E-state index contributed by atoms with van der Waals surface area (Å²) in [6.45, 7) is 8.15. The second-order valence-corrected chi connectivity index (χ2v) is 5.42. The first kappa shape index (κ1) is 13.5. The van der Waals surface area contributed by atoms with Crippen LogP contribution in [0.2, 0.25) is 0 Å². The molecule has 7 nitrogen and oxygen atoms in total. The highest BCUT2D eigenvalue weighted by atomic mass is 15.4. The number of hydrogen-bond acceptors (Lipinski definition) is 4. The number of aromatic nitrogens is 7. The summed E-state index contributed by atoms with van der Waals surface area (Å²) in [6, 6.07) is 4.26. The Kier molecular flexibility index (Phi) is 3.12. The van der Waals surface area contributed by atoms with Crippen molar-refractivity contribution in [1.29, 1.82) is 0 Å². The second kappa shape index (κ2) is 4.83. The fraction of sp³-hybridized carbons (Fsp3) is 0.429. The van der Waals surface area contributed by atoms with Gasteiger partial charge in [-0.3, -0.25) is 9.36 Å². The highest BCUT2D eigenvalue weighted by Crippen LogP contribution is 2.22. The number of rotatable bonds is 3. The monoisotopic (exact) mass is 285 g/mol. The van der Waals surface area contributed by atoms with Crippen LogP contribution >= 0.6 is 0 Å². The van der Waals surface area contributed by atoms with Crippen molar-refractivity contribution in [3.63, 3.8) is 0 Å². The van der Waals surface area contributed by atoms with Gasteiger partial charge in [0.05, 0.1) is 6.20 Å². The molecule has 0 aliphatic rings. The van der Waals surface area contributed by atoms with Gasteiger partial charge in [0.15, 0.2) is 11.6 Å². The molecule has 0 saturated heterocycles. The van der Waals surface area contributed by atoms with E-state index in [4.69, 9.17) is 0 Å². The molecule has 0 aliphatic carbocycles. The lowest BCUT2D eigenvalue weighted by molar-refractivity contribution is 0.520. The molecule has 0 saturated carbocycles. The van der Waals surface area contributed by atoms with Crippen LogP contribution in [0.3, 0.4) is 0 Å². The van der Waals surface area contributed by atoms with E-state index < -0.39 is 0 Å². The summed E-state index contributed by atoms with van der Waals surface area (Å²) < 4.78 is 5.55. The Labute approximate surface area is 123 Å². The Morgan fingerprint density at radius 3 is 2.48 bits per heavy atom. The van der Waals surface area contributed by atoms with Crippen LogP contribution < -0.4 is 0 Å². The smallest absolute Gasteiger partial charge is 0.185 e. The summed E-state index contributed by atoms with van der Waals surface area (Å²) in [7, 11) is 1.88. The SMILES string of the molecule is Cc1nc(-c2cc(C)n(C(C)C)n2)n(-c2ccnn2C)n1. The van der Waals surface area contributed by atoms with Gasteiger partial charge < -0.3 is 0 Å². The van der Waals surface area contributed by atoms with E-state index in [0.717, 1.165) is 23.0 Å². The molecule has 0 aromatic carbocycles. The highest BCUT2D eigenvalue weighted by Gasteiger charge is 2.18. The molecule has 21 heavy (non-hydrogen) atoms. The number of aryl methyl sites for hydroxylation is 3. The quantitative estimate of drug-likeness (QED) is 0.739. The topological polar surface area (TPSA) is 66.3 Å². The van der Waals surface area contributed by atoms with Crippen LogP contribution in [0.25, 0.3) is 17.3 Å². The Balaban J connectivity index is 2.16. The van der Waals surface area contributed by atoms with Crippen LogP contribution in [0.5, 0.6) is 0 Å². The van der Waals surface area contributed by atoms with Crippen molar-refractivity contribution in [3.05, 3.63) is 29.8 Å². The van der Waals surface area contributed by atoms with Gasteiger partial charge in [-0.1, -0.05) is 0 Å². The summed E-state index contributed by atoms with van der Waals surface area (Å²) in [5, 5.41) is 13.3. The van der Waals surface area contributed by atoms with Crippen molar-refractivity contribution >= 4 is 0 Å². The van der Waals surface area contributed by atoms with Crippen LogP contribution in [0, 0.1) is 13.8 Å². The maximum atomic E-state index is 4.66. The van der Waals surface area contributed by atoms with E-state index in [1.165, 1.54) is 0 Å². The largest absolute Gasteiger partial charge is 0.267 e. The molecule has 0 aliphatic heterocycles. The second-order valence-electron chi connectivity index (χ2n) is 5.42. The molecule has 0 amide bonds. The number of nitrogens with zero attached hydrogens (tertiary/aromatic N) is 7. The Morgan fingerprint density at radius 2 is 1.90 bits per heavy atom. The summed E-state index contributed by atoms with van der Waals surface area (Å²) in [5.41, 5.74) is 1.93. The molecule has 0 radical (unpaired) electrons. The predicted molar refractivity (Wildman–Crippen MR) is 79.2 cm³/mol. The van der Waals surface area contributed by atoms with Crippen LogP contribution in [-0.2, 0) is 7.05 Å². The van der Waals surface area contributed by atoms with Gasteiger partial charge in [0.1, 0.15) is 11.5 Å². The predicted octanol–water partition coefficient (Wildman–Crippen LogP) is 2.06. The minimum atomic E-state index is 0.313. The fourth-order valence-corrected chi connectivity index (χ4v) is 2.44. The van der Waals surface area contributed by atoms with Crippen molar-refractivity contribution in [3.8, 4) is 17.3 Å². The van der Waals surface area contributed by atoms with Gasteiger partial charge in [-0.25, -0.2) is 4.98 Å². The molecule has 3 aromatic rings. The minimum Gasteiger partial charge on any atom is -0.267 e. The summed E-state index contributed by atoms with van der Waals surface area (Å²) >= 11 is 0. The van der Waals surface area contributed by atoms with Gasteiger partial charge in [0.25, 0.3) is 0 Å². The third kappa shape index (κ3) is 2.24. The van der Waals surface area contributed by atoms with Crippen LogP contribution in [0.15, 0.2) is 18.3 Å². The van der Waals surface area contributed by atoms with Crippen molar-refractivity contribution < 1.29 is 0 Å². The molecule has 0 N–H and O–H groups in total. The minimum absolute atomic E-state index is 0.313. The van der Waals surface area contributed by atoms with Gasteiger partial charge in [-0.15, -0.1) is 5.10 Å². The molecule has 0 bridgehead atoms. The summed E-state index contributed by atoms with van der Waals surface area (Å²) in [5.74, 6) is 2.31. The lowest BCUT2D eigenvalue weighted by Crippen LogP contribution is -2.07. The van der Waals surface area contributed by atoms with Gasteiger partial charge in [-0.05, 0) is 33.8 Å². The fourth-order valence-electron chi connectivity index (χ4n) is 2.44. The molecular formula is C14H19N7. The zero-order valence-electron chi connectivity index (χ0n) is 12.9. The van der Waals surface area contributed by atoms with Crippen molar-refractivity contribution in [2.45, 2.75) is 33.7 Å². The zero-order chi connectivity index (χ0) is 15.1. The van der Waals surface area contributed by atoms with Crippen LogP contribution in [0.1, 0.15) is 31.4 Å². The van der Waals surface area contributed by atoms with E-state index in [1.54, 1.807) is 15.6 Å². The third-order valence-electron chi connectivity index (χ3n) is 3.37. The molecule has 110 valence electrons. The average Bonchev–Trinajstić information content (AvgIpc) is 3.07. The molecule has 7 heteroatoms.